The lowest BCUT2D eigenvalue weighted by Crippen LogP contribution is -2.03. The van der Waals surface area contributed by atoms with Gasteiger partial charge in [-0.05, 0) is 29.8 Å². The van der Waals surface area contributed by atoms with Crippen LogP contribution in [0, 0.1) is 5.82 Å². The Morgan fingerprint density at radius 3 is 2.44 bits per heavy atom. The van der Waals surface area contributed by atoms with E-state index in [1.165, 1.54) is 18.2 Å². The summed E-state index contributed by atoms with van der Waals surface area (Å²) in [6, 6.07) is 12.3. The molecule has 0 aliphatic rings. The molecule has 0 spiro atoms. The molecule has 0 aliphatic heterocycles. The zero-order valence-electron chi connectivity index (χ0n) is 9.47. The minimum absolute atomic E-state index is 0.111. The molecule has 0 fully saturated rings. The average Bonchev–Trinajstić information content (AvgIpc) is 2.38. The topological polar surface area (TPSA) is 46.5 Å². The molecular formula is C14H11FO3. The molecule has 0 bridgehead atoms. The van der Waals surface area contributed by atoms with Gasteiger partial charge in [0.15, 0.2) is 0 Å². The number of rotatable bonds is 4. The molecule has 0 amide bonds. The van der Waals surface area contributed by atoms with E-state index < -0.39 is 5.97 Å². The quantitative estimate of drug-likeness (QED) is 0.901. The van der Waals surface area contributed by atoms with Crippen LogP contribution in [0.25, 0.3) is 0 Å². The van der Waals surface area contributed by atoms with Gasteiger partial charge in [0.05, 0.1) is 0 Å². The van der Waals surface area contributed by atoms with Crippen molar-refractivity contribution < 1.29 is 19.0 Å². The molecule has 0 aliphatic carbocycles. The van der Waals surface area contributed by atoms with Crippen molar-refractivity contribution in [2.24, 2.45) is 0 Å². The molecule has 2 aromatic rings. The molecule has 0 saturated heterocycles. The van der Waals surface area contributed by atoms with Crippen molar-refractivity contribution in [2.75, 3.05) is 0 Å². The summed E-state index contributed by atoms with van der Waals surface area (Å²) in [7, 11) is 0. The summed E-state index contributed by atoms with van der Waals surface area (Å²) in [5.74, 6) is -1.05. The van der Waals surface area contributed by atoms with Crippen molar-refractivity contribution in [3.63, 3.8) is 0 Å². The van der Waals surface area contributed by atoms with Gasteiger partial charge in [0.25, 0.3) is 0 Å². The van der Waals surface area contributed by atoms with Crippen LogP contribution in [0.3, 0.4) is 0 Å². The van der Waals surface area contributed by atoms with Crippen LogP contribution in [0.15, 0.2) is 48.5 Å². The molecule has 0 radical (unpaired) electrons. The highest BCUT2D eigenvalue weighted by atomic mass is 19.1. The molecule has 2 aromatic carbocycles. The number of carboxylic acids is 1. The Kier molecular flexibility index (Phi) is 3.57. The summed E-state index contributed by atoms with van der Waals surface area (Å²) in [5.41, 5.74) is 0.885. The van der Waals surface area contributed by atoms with E-state index >= 15 is 0 Å². The first kappa shape index (κ1) is 12.1. The smallest absolute Gasteiger partial charge is 0.339 e. The maximum Gasteiger partial charge on any atom is 0.339 e. The van der Waals surface area contributed by atoms with Crippen molar-refractivity contribution in [2.45, 2.75) is 6.61 Å². The molecule has 3 nitrogen and oxygen atoms in total. The first-order valence-corrected chi connectivity index (χ1v) is 5.36. The van der Waals surface area contributed by atoms with Gasteiger partial charge < -0.3 is 9.84 Å². The third kappa shape index (κ3) is 2.85. The summed E-state index contributed by atoms with van der Waals surface area (Å²) >= 11 is 0. The van der Waals surface area contributed by atoms with Crippen molar-refractivity contribution in [3.05, 3.63) is 65.5 Å². The number of benzene rings is 2. The van der Waals surface area contributed by atoms with E-state index in [0.717, 1.165) is 5.56 Å². The molecule has 0 unspecified atom stereocenters. The third-order valence-electron chi connectivity index (χ3n) is 2.43. The maximum atomic E-state index is 12.7. The first-order valence-electron chi connectivity index (χ1n) is 5.36. The highest BCUT2D eigenvalue weighted by Gasteiger charge is 2.09. The van der Waals surface area contributed by atoms with Gasteiger partial charge in [0.1, 0.15) is 23.7 Å². The molecule has 0 heterocycles. The fraction of sp³-hybridized carbons (Fsp3) is 0.0714. The van der Waals surface area contributed by atoms with Gasteiger partial charge in [0.2, 0.25) is 0 Å². The molecule has 1 N–H and O–H groups in total. The number of hydrogen-bond donors (Lipinski definition) is 1. The lowest BCUT2D eigenvalue weighted by atomic mass is 10.2. The monoisotopic (exact) mass is 246 g/mol. The normalized spacial score (nSPS) is 10.1. The second-order valence-electron chi connectivity index (χ2n) is 3.72. The Morgan fingerprint density at radius 2 is 1.78 bits per heavy atom. The van der Waals surface area contributed by atoms with Crippen molar-refractivity contribution in [1.29, 1.82) is 0 Å². The number of aromatic carboxylic acids is 1. The Balaban J connectivity index is 2.10. The van der Waals surface area contributed by atoms with E-state index in [2.05, 4.69) is 0 Å². The van der Waals surface area contributed by atoms with Gasteiger partial charge >= 0.3 is 5.97 Å². The maximum absolute atomic E-state index is 12.7. The van der Waals surface area contributed by atoms with E-state index in [1.54, 1.807) is 30.3 Å². The van der Waals surface area contributed by atoms with Crippen LogP contribution in [0.4, 0.5) is 4.39 Å². The zero-order chi connectivity index (χ0) is 13.0. The molecule has 18 heavy (non-hydrogen) atoms. The van der Waals surface area contributed by atoms with Crippen molar-refractivity contribution in [3.8, 4) is 5.75 Å². The van der Waals surface area contributed by atoms with Gasteiger partial charge in [0, 0.05) is 0 Å². The number of hydrogen-bond acceptors (Lipinski definition) is 2. The number of carbonyl (C=O) groups is 1. The first-order chi connectivity index (χ1) is 8.66. The van der Waals surface area contributed by atoms with Crippen LogP contribution in [-0.2, 0) is 6.61 Å². The number of para-hydroxylation sites is 1. The van der Waals surface area contributed by atoms with E-state index in [1.807, 2.05) is 0 Å². The van der Waals surface area contributed by atoms with E-state index in [-0.39, 0.29) is 18.0 Å². The Labute approximate surface area is 103 Å². The summed E-state index contributed by atoms with van der Waals surface area (Å²) < 4.78 is 18.1. The van der Waals surface area contributed by atoms with Gasteiger partial charge in [-0.15, -0.1) is 0 Å². The predicted octanol–water partition coefficient (Wildman–Crippen LogP) is 3.10. The lowest BCUT2D eigenvalue weighted by molar-refractivity contribution is 0.0692. The van der Waals surface area contributed by atoms with Crippen molar-refractivity contribution >= 4 is 5.97 Å². The lowest BCUT2D eigenvalue weighted by Gasteiger charge is -2.08. The van der Waals surface area contributed by atoms with Gasteiger partial charge in [-0.1, -0.05) is 24.3 Å². The van der Waals surface area contributed by atoms with E-state index in [0.29, 0.717) is 5.75 Å². The largest absolute Gasteiger partial charge is 0.488 e. The fourth-order valence-electron chi connectivity index (χ4n) is 1.51. The van der Waals surface area contributed by atoms with Crippen LogP contribution in [0.1, 0.15) is 15.9 Å². The molecule has 4 heteroatoms. The zero-order valence-corrected chi connectivity index (χ0v) is 9.47. The minimum Gasteiger partial charge on any atom is -0.488 e. The SMILES string of the molecule is O=C(O)c1ccccc1OCc1ccc(F)cc1. The van der Waals surface area contributed by atoms with E-state index in [4.69, 9.17) is 9.84 Å². The summed E-state index contributed by atoms with van der Waals surface area (Å²) in [6.07, 6.45) is 0. The van der Waals surface area contributed by atoms with Gasteiger partial charge in [-0.2, -0.15) is 0 Å². The molecule has 92 valence electrons. The Bertz CT molecular complexity index is 549. The second-order valence-corrected chi connectivity index (χ2v) is 3.72. The molecule has 2 rings (SSSR count). The number of ether oxygens (including phenoxy) is 1. The van der Waals surface area contributed by atoms with Crippen molar-refractivity contribution in [1.82, 2.24) is 0 Å². The Hall–Kier alpha value is -2.36. The number of carboxylic acid groups (broad SMARTS) is 1. The molecular weight excluding hydrogens is 235 g/mol. The Morgan fingerprint density at radius 1 is 1.11 bits per heavy atom. The van der Waals surface area contributed by atoms with Crippen LogP contribution >= 0.6 is 0 Å². The highest BCUT2D eigenvalue weighted by Crippen LogP contribution is 2.19. The minimum atomic E-state index is -1.04. The van der Waals surface area contributed by atoms with Crippen LogP contribution in [-0.4, -0.2) is 11.1 Å². The third-order valence-corrected chi connectivity index (χ3v) is 2.43. The van der Waals surface area contributed by atoms with Crippen LogP contribution in [0.2, 0.25) is 0 Å². The standard InChI is InChI=1S/C14H11FO3/c15-11-7-5-10(6-8-11)9-18-13-4-2-1-3-12(13)14(16)17/h1-8H,9H2,(H,16,17). The van der Waals surface area contributed by atoms with E-state index in [9.17, 15) is 9.18 Å². The molecule has 0 aromatic heterocycles. The fourth-order valence-corrected chi connectivity index (χ4v) is 1.51. The second kappa shape index (κ2) is 5.31. The van der Waals surface area contributed by atoms with Crippen LogP contribution in [0.5, 0.6) is 5.75 Å². The average molecular weight is 246 g/mol. The van der Waals surface area contributed by atoms with Gasteiger partial charge in [-0.3, -0.25) is 0 Å². The highest BCUT2D eigenvalue weighted by molar-refractivity contribution is 5.90. The van der Waals surface area contributed by atoms with Crippen LogP contribution < -0.4 is 4.74 Å². The number of halogens is 1. The molecule has 0 atom stereocenters. The predicted molar refractivity (Wildman–Crippen MR) is 64.1 cm³/mol. The summed E-state index contributed by atoms with van der Waals surface area (Å²) in [4.78, 5) is 10.9. The molecule has 0 saturated carbocycles. The summed E-state index contributed by atoms with van der Waals surface area (Å²) in [6.45, 7) is 0.199. The summed E-state index contributed by atoms with van der Waals surface area (Å²) in [5, 5.41) is 8.97. The van der Waals surface area contributed by atoms with Gasteiger partial charge in [-0.25, -0.2) is 9.18 Å².